The van der Waals surface area contributed by atoms with E-state index in [9.17, 15) is 18.0 Å². The second-order valence-electron chi connectivity index (χ2n) is 5.72. The zero-order valence-electron chi connectivity index (χ0n) is 12.6. The molecule has 1 heterocycles. The number of nitrogens with zero attached hydrogens (tertiary/aromatic N) is 1. The van der Waals surface area contributed by atoms with E-state index in [1.54, 1.807) is 0 Å². The van der Waals surface area contributed by atoms with E-state index in [2.05, 4.69) is 0 Å². The van der Waals surface area contributed by atoms with E-state index in [-0.39, 0.29) is 23.4 Å². The van der Waals surface area contributed by atoms with E-state index in [1.165, 1.54) is 13.2 Å². The maximum absolute atomic E-state index is 12.8. The van der Waals surface area contributed by atoms with E-state index in [1.807, 2.05) is 4.90 Å². The maximum atomic E-state index is 12.8. The van der Waals surface area contributed by atoms with E-state index < -0.39 is 17.6 Å². The van der Waals surface area contributed by atoms with E-state index in [4.69, 9.17) is 22.1 Å². The van der Waals surface area contributed by atoms with Crippen molar-refractivity contribution in [1.82, 2.24) is 4.90 Å². The third kappa shape index (κ3) is 4.37. The molecule has 2 rings (SSSR count). The van der Waals surface area contributed by atoms with Crippen LogP contribution in [0.2, 0.25) is 5.02 Å². The highest BCUT2D eigenvalue weighted by Crippen LogP contribution is 2.33. The summed E-state index contributed by atoms with van der Waals surface area (Å²) in [5.41, 5.74) is 5.03. The van der Waals surface area contributed by atoms with Crippen LogP contribution in [0.4, 0.5) is 13.2 Å². The van der Waals surface area contributed by atoms with Crippen LogP contribution in [0.3, 0.4) is 0 Å². The van der Waals surface area contributed by atoms with Gasteiger partial charge in [-0.05, 0) is 23.8 Å². The first kappa shape index (κ1) is 18.0. The largest absolute Gasteiger partial charge is 0.416 e. The lowest BCUT2D eigenvalue weighted by Gasteiger charge is -2.18. The molecule has 23 heavy (non-hydrogen) atoms. The Morgan fingerprint density at radius 1 is 1.43 bits per heavy atom. The van der Waals surface area contributed by atoms with Crippen LogP contribution in [0.25, 0.3) is 0 Å². The Kier molecular flexibility index (Phi) is 5.54. The van der Waals surface area contributed by atoms with Crippen LogP contribution >= 0.6 is 11.6 Å². The number of primary amides is 1. The Labute approximate surface area is 137 Å². The van der Waals surface area contributed by atoms with Gasteiger partial charge in [-0.15, -0.1) is 0 Å². The van der Waals surface area contributed by atoms with Gasteiger partial charge in [-0.25, -0.2) is 0 Å². The molecule has 128 valence electrons. The number of hydrogen-bond donors (Lipinski definition) is 1. The second-order valence-corrected chi connectivity index (χ2v) is 6.13. The van der Waals surface area contributed by atoms with Gasteiger partial charge in [-0.2, -0.15) is 13.2 Å². The molecule has 1 aromatic carbocycles. The van der Waals surface area contributed by atoms with E-state index >= 15 is 0 Å². The maximum Gasteiger partial charge on any atom is 0.416 e. The number of rotatable bonds is 5. The van der Waals surface area contributed by atoms with Crippen molar-refractivity contribution >= 4 is 17.5 Å². The minimum atomic E-state index is -4.42. The molecule has 0 unspecified atom stereocenters. The fourth-order valence-electron chi connectivity index (χ4n) is 2.91. The number of carbonyl (C=O) groups excluding carboxylic acids is 1. The number of nitrogens with two attached hydrogens (primary N) is 1. The van der Waals surface area contributed by atoms with Crippen molar-refractivity contribution in [2.75, 3.05) is 26.8 Å². The second kappa shape index (κ2) is 7.07. The average Bonchev–Trinajstić information content (AvgIpc) is 2.83. The average molecular weight is 351 g/mol. The number of ether oxygens (including phenoxy) is 1. The first-order valence-corrected chi connectivity index (χ1v) is 7.46. The lowest BCUT2D eigenvalue weighted by atomic mass is 9.96. The molecule has 1 aliphatic rings. The summed E-state index contributed by atoms with van der Waals surface area (Å²) >= 11 is 6.01. The zero-order valence-corrected chi connectivity index (χ0v) is 13.3. The predicted octanol–water partition coefficient (Wildman–Crippen LogP) is 2.54. The lowest BCUT2D eigenvalue weighted by molar-refractivity contribution is -0.137. The normalized spacial score (nSPS) is 22.5. The van der Waals surface area contributed by atoms with Gasteiger partial charge in [-0.3, -0.25) is 9.69 Å². The van der Waals surface area contributed by atoms with Crippen LogP contribution < -0.4 is 5.73 Å². The number of carbonyl (C=O) groups is 1. The fourth-order valence-corrected chi connectivity index (χ4v) is 3.09. The number of alkyl halides is 3. The Morgan fingerprint density at radius 3 is 2.70 bits per heavy atom. The van der Waals surface area contributed by atoms with Crippen molar-refractivity contribution in [2.45, 2.75) is 12.7 Å². The number of methoxy groups -OCH3 is 1. The van der Waals surface area contributed by atoms with Crippen molar-refractivity contribution in [3.05, 3.63) is 34.3 Å². The number of hydrogen-bond acceptors (Lipinski definition) is 3. The molecule has 1 fully saturated rings. The van der Waals surface area contributed by atoms with Crippen LogP contribution in [-0.2, 0) is 22.3 Å². The molecule has 0 saturated carbocycles. The zero-order chi connectivity index (χ0) is 17.2. The van der Waals surface area contributed by atoms with Gasteiger partial charge in [0.1, 0.15) is 0 Å². The molecule has 1 amide bonds. The summed E-state index contributed by atoms with van der Waals surface area (Å²) in [5, 5.41) is 0.267. The molecule has 4 nitrogen and oxygen atoms in total. The first-order valence-electron chi connectivity index (χ1n) is 7.08. The van der Waals surface area contributed by atoms with Gasteiger partial charge in [0.05, 0.1) is 18.1 Å². The van der Waals surface area contributed by atoms with Gasteiger partial charge in [-0.1, -0.05) is 11.6 Å². The van der Waals surface area contributed by atoms with Gasteiger partial charge in [0.25, 0.3) is 0 Å². The summed E-state index contributed by atoms with van der Waals surface area (Å²) < 4.78 is 43.5. The van der Waals surface area contributed by atoms with Crippen LogP contribution in [-0.4, -0.2) is 37.6 Å². The Bertz CT molecular complexity index is 580. The Morgan fingerprint density at radius 2 is 2.13 bits per heavy atom. The van der Waals surface area contributed by atoms with Crippen molar-refractivity contribution in [1.29, 1.82) is 0 Å². The molecule has 1 aromatic rings. The quantitative estimate of drug-likeness (QED) is 0.888. The molecule has 2 atom stereocenters. The fraction of sp³-hybridized carbons (Fsp3) is 0.533. The van der Waals surface area contributed by atoms with E-state index in [0.717, 1.165) is 12.1 Å². The van der Waals surface area contributed by atoms with Crippen molar-refractivity contribution in [3.8, 4) is 0 Å². The van der Waals surface area contributed by atoms with Gasteiger partial charge >= 0.3 is 6.18 Å². The molecular formula is C15H18ClF3N2O2. The summed E-state index contributed by atoms with van der Waals surface area (Å²) in [7, 11) is 1.53. The number of halogens is 4. The van der Waals surface area contributed by atoms with Crippen molar-refractivity contribution < 1.29 is 22.7 Å². The minimum absolute atomic E-state index is 0.0675. The lowest BCUT2D eigenvalue weighted by Crippen LogP contribution is -2.31. The minimum Gasteiger partial charge on any atom is -0.384 e. The van der Waals surface area contributed by atoms with Crippen LogP contribution in [0.1, 0.15) is 11.1 Å². The number of likely N-dealkylation sites (tertiary alicyclic amines) is 1. The third-order valence-electron chi connectivity index (χ3n) is 4.03. The van der Waals surface area contributed by atoms with Crippen molar-refractivity contribution in [2.24, 2.45) is 17.6 Å². The summed E-state index contributed by atoms with van der Waals surface area (Å²) in [4.78, 5) is 13.4. The highest BCUT2D eigenvalue weighted by atomic mass is 35.5. The molecule has 0 aromatic heterocycles. The predicted molar refractivity (Wildman–Crippen MR) is 79.8 cm³/mol. The molecule has 0 bridgehead atoms. The van der Waals surface area contributed by atoms with Crippen molar-refractivity contribution in [3.63, 3.8) is 0 Å². The highest BCUT2D eigenvalue weighted by molar-refractivity contribution is 6.31. The molecule has 8 heteroatoms. The standard InChI is InChI=1S/C15H18ClF3N2O2/c1-23-8-10-6-21(7-12(10)14(20)22)5-9-4-11(15(17,18)19)2-3-13(9)16/h2-4,10,12H,5-8H2,1H3,(H2,20,22)/t10-,12+/m0/s1. The smallest absolute Gasteiger partial charge is 0.384 e. The topological polar surface area (TPSA) is 55.6 Å². The molecule has 2 N–H and O–H groups in total. The third-order valence-corrected chi connectivity index (χ3v) is 4.40. The Balaban J connectivity index is 2.15. The molecule has 0 radical (unpaired) electrons. The number of amides is 1. The van der Waals surface area contributed by atoms with Crippen LogP contribution in [0.15, 0.2) is 18.2 Å². The van der Waals surface area contributed by atoms with Gasteiger partial charge in [0.15, 0.2) is 0 Å². The van der Waals surface area contributed by atoms with Crippen LogP contribution in [0.5, 0.6) is 0 Å². The molecule has 0 aliphatic carbocycles. The highest BCUT2D eigenvalue weighted by Gasteiger charge is 2.37. The monoisotopic (exact) mass is 350 g/mol. The Hall–Kier alpha value is -1.31. The molecule has 1 saturated heterocycles. The molecule has 0 spiro atoms. The van der Waals surface area contributed by atoms with E-state index in [0.29, 0.717) is 25.3 Å². The summed E-state index contributed by atoms with van der Waals surface area (Å²) in [6, 6.07) is 3.25. The SMILES string of the molecule is COC[C@@H]1CN(Cc2cc(C(F)(F)F)ccc2Cl)C[C@H]1C(N)=O. The summed E-state index contributed by atoms with van der Waals surface area (Å²) in [6.45, 7) is 1.51. The molecule has 1 aliphatic heterocycles. The summed E-state index contributed by atoms with van der Waals surface area (Å²) in [5.74, 6) is -0.869. The first-order chi connectivity index (χ1) is 10.7. The number of benzene rings is 1. The van der Waals surface area contributed by atoms with Gasteiger partial charge in [0.2, 0.25) is 5.91 Å². The van der Waals surface area contributed by atoms with Gasteiger partial charge < -0.3 is 10.5 Å². The molecular weight excluding hydrogens is 333 g/mol. The van der Waals surface area contributed by atoms with Crippen LogP contribution in [0, 0.1) is 11.8 Å². The summed E-state index contributed by atoms with van der Waals surface area (Å²) in [6.07, 6.45) is -4.42. The van der Waals surface area contributed by atoms with Gasteiger partial charge in [0, 0.05) is 37.7 Å².